The summed E-state index contributed by atoms with van der Waals surface area (Å²) in [6, 6.07) is 9.32. The van der Waals surface area contributed by atoms with Crippen molar-refractivity contribution in [3.8, 4) is 0 Å². The lowest BCUT2D eigenvalue weighted by Gasteiger charge is -2.40. The van der Waals surface area contributed by atoms with Gasteiger partial charge >= 0.3 is 0 Å². The average molecular weight is 232 g/mol. The maximum atomic E-state index is 5.62. The van der Waals surface area contributed by atoms with Crippen LogP contribution in [0, 0.1) is 0 Å². The predicted octanol–water partition coefficient (Wildman–Crippen LogP) is 1.55. The zero-order valence-corrected chi connectivity index (χ0v) is 10.4. The Hall–Kier alpha value is -0.900. The summed E-state index contributed by atoms with van der Waals surface area (Å²) in [4.78, 5) is 2.55. The molecule has 2 aliphatic rings. The molecule has 17 heavy (non-hydrogen) atoms. The molecule has 0 bridgehead atoms. The first-order valence-electron chi connectivity index (χ1n) is 6.49. The Morgan fingerprint density at radius 1 is 1.35 bits per heavy atom. The van der Waals surface area contributed by atoms with Crippen LogP contribution >= 0.6 is 0 Å². The van der Waals surface area contributed by atoms with Crippen LogP contribution in [0.5, 0.6) is 0 Å². The van der Waals surface area contributed by atoms with Gasteiger partial charge in [-0.1, -0.05) is 24.3 Å². The summed E-state index contributed by atoms with van der Waals surface area (Å²) >= 11 is 0. The van der Waals surface area contributed by atoms with Gasteiger partial charge in [0.05, 0.1) is 12.7 Å². The molecule has 1 saturated heterocycles. The lowest BCUT2D eigenvalue weighted by molar-refractivity contribution is -0.0354. The van der Waals surface area contributed by atoms with E-state index in [-0.39, 0.29) is 0 Å². The molecule has 3 nitrogen and oxygen atoms in total. The lowest BCUT2D eigenvalue weighted by atomic mass is 9.95. The number of fused-ring (bicyclic) bond motifs is 1. The van der Waals surface area contributed by atoms with E-state index in [2.05, 4.69) is 41.4 Å². The largest absolute Gasteiger partial charge is 0.376 e. The van der Waals surface area contributed by atoms with Crippen LogP contribution in [0.2, 0.25) is 0 Å². The summed E-state index contributed by atoms with van der Waals surface area (Å²) in [7, 11) is 0. The summed E-state index contributed by atoms with van der Waals surface area (Å²) in [5, 5.41) is 3.52. The molecule has 0 aliphatic carbocycles. The van der Waals surface area contributed by atoms with Gasteiger partial charge in [0.25, 0.3) is 0 Å². The van der Waals surface area contributed by atoms with Crippen LogP contribution in [0.3, 0.4) is 0 Å². The summed E-state index contributed by atoms with van der Waals surface area (Å²) in [6.45, 7) is 7.18. The van der Waals surface area contributed by atoms with Crippen LogP contribution in [0.15, 0.2) is 24.3 Å². The Morgan fingerprint density at radius 3 is 3.12 bits per heavy atom. The second kappa shape index (κ2) is 4.77. The maximum absolute atomic E-state index is 5.62. The van der Waals surface area contributed by atoms with E-state index in [0.29, 0.717) is 12.1 Å². The highest BCUT2D eigenvalue weighted by Gasteiger charge is 2.28. The predicted molar refractivity (Wildman–Crippen MR) is 67.9 cm³/mol. The maximum Gasteiger partial charge on any atom is 0.0674 e. The minimum atomic E-state index is 0.359. The minimum Gasteiger partial charge on any atom is -0.376 e. The van der Waals surface area contributed by atoms with Crippen molar-refractivity contribution in [3.63, 3.8) is 0 Å². The lowest BCUT2D eigenvalue weighted by Crippen LogP contribution is -2.47. The monoisotopic (exact) mass is 232 g/mol. The van der Waals surface area contributed by atoms with E-state index in [0.717, 1.165) is 32.8 Å². The molecule has 1 fully saturated rings. The Morgan fingerprint density at radius 2 is 2.24 bits per heavy atom. The third-order valence-corrected chi connectivity index (χ3v) is 3.78. The molecule has 2 unspecified atom stereocenters. The summed E-state index contributed by atoms with van der Waals surface area (Å²) in [5.41, 5.74) is 2.95. The quantitative estimate of drug-likeness (QED) is 0.795. The Labute approximate surface area is 103 Å². The molecule has 3 heteroatoms. The Kier molecular flexibility index (Phi) is 3.14. The van der Waals surface area contributed by atoms with E-state index >= 15 is 0 Å². The molecule has 0 amide bonds. The van der Waals surface area contributed by atoms with Gasteiger partial charge in [-0.15, -0.1) is 0 Å². The van der Waals surface area contributed by atoms with Gasteiger partial charge in [0.2, 0.25) is 0 Å². The van der Waals surface area contributed by atoms with Crippen LogP contribution in [-0.4, -0.2) is 37.2 Å². The number of nitrogens with zero attached hydrogens (tertiary/aromatic N) is 1. The molecule has 0 aromatic heterocycles. The normalized spacial score (nSPS) is 29.9. The van der Waals surface area contributed by atoms with Crippen molar-refractivity contribution in [2.45, 2.75) is 25.6 Å². The van der Waals surface area contributed by atoms with Gasteiger partial charge in [-0.25, -0.2) is 0 Å². The molecule has 1 N–H and O–H groups in total. The van der Waals surface area contributed by atoms with Crippen molar-refractivity contribution in [1.82, 2.24) is 10.2 Å². The average Bonchev–Trinajstić information content (AvgIpc) is 2.38. The number of ether oxygens (including phenoxy) is 1. The third-order valence-electron chi connectivity index (χ3n) is 3.78. The van der Waals surface area contributed by atoms with Gasteiger partial charge in [0.1, 0.15) is 0 Å². The topological polar surface area (TPSA) is 24.5 Å². The second-order valence-corrected chi connectivity index (χ2v) is 5.02. The molecular weight excluding hydrogens is 212 g/mol. The van der Waals surface area contributed by atoms with Gasteiger partial charge in [0, 0.05) is 32.2 Å². The highest BCUT2D eigenvalue weighted by atomic mass is 16.5. The molecule has 0 saturated carbocycles. The van der Waals surface area contributed by atoms with Gasteiger partial charge in [-0.2, -0.15) is 0 Å². The Bertz CT molecular complexity index is 394. The molecule has 2 heterocycles. The van der Waals surface area contributed by atoms with E-state index in [4.69, 9.17) is 4.74 Å². The highest BCUT2D eigenvalue weighted by Crippen LogP contribution is 2.28. The van der Waals surface area contributed by atoms with Crippen LogP contribution < -0.4 is 5.32 Å². The van der Waals surface area contributed by atoms with Crippen LogP contribution in [0.4, 0.5) is 0 Å². The molecule has 0 spiro atoms. The standard InChI is InChI=1S/C14H20N2O/c1-11-10-16(6-7-17-11)14-9-15-8-12-4-2-3-5-13(12)14/h2-5,11,14-15H,6-10H2,1H3. The summed E-state index contributed by atoms with van der Waals surface area (Å²) in [6.07, 6.45) is 0.359. The fourth-order valence-electron chi connectivity index (χ4n) is 2.93. The Balaban J connectivity index is 1.84. The van der Waals surface area contributed by atoms with Crippen LogP contribution in [0.25, 0.3) is 0 Å². The molecule has 0 radical (unpaired) electrons. The molecule has 2 aliphatic heterocycles. The van der Waals surface area contributed by atoms with E-state index < -0.39 is 0 Å². The van der Waals surface area contributed by atoms with Crippen molar-refractivity contribution in [2.24, 2.45) is 0 Å². The number of morpholine rings is 1. The number of rotatable bonds is 1. The molecule has 1 aromatic rings. The molecule has 92 valence electrons. The van der Waals surface area contributed by atoms with Crippen molar-refractivity contribution >= 4 is 0 Å². The fraction of sp³-hybridized carbons (Fsp3) is 0.571. The van der Waals surface area contributed by atoms with Crippen molar-refractivity contribution < 1.29 is 4.74 Å². The zero-order chi connectivity index (χ0) is 11.7. The highest BCUT2D eigenvalue weighted by molar-refractivity contribution is 5.32. The van der Waals surface area contributed by atoms with Crippen molar-refractivity contribution in [2.75, 3.05) is 26.2 Å². The van der Waals surface area contributed by atoms with Gasteiger partial charge in [0.15, 0.2) is 0 Å². The fourth-order valence-corrected chi connectivity index (χ4v) is 2.93. The number of nitrogens with one attached hydrogen (secondary N) is 1. The van der Waals surface area contributed by atoms with Crippen molar-refractivity contribution in [1.29, 1.82) is 0 Å². The van der Waals surface area contributed by atoms with Gasteiger partial charge in [-0.3, -0.25) is 4.90 Å². The first-order chi connectivity index (χ1) is 8.34. The van der Waals surface area contributed by atoms with Gasteiger partial charge < -0.3 is 10.1 Å². The van der Waals surface area contributed by atoms with E-state index in [1.807, 2.05) is 0 Å². The molecular formula is C14H20N2O. The van der Waals surface area contributed by atoms with Crippen LogP contribution in [0.1, 0.15) is 24.1 Å². The first-order valence-corrected chi connectivity index (χ1v) is 6.49. The zero-order valence-electron chi connectivity index (χ0n) is 10.4. The molecule has 3 rings (SSSR count). The number of benzene rings is 1. The summed E-state index contributed by atoms with van der Waals surface area (Å²) < 4.78 is 5.62. The minimum absolute atomic E-state index is 0.359. The van der Waals surface area contributed by atoms with E-state index in [1.54, 1.807) is 0 Å². The smallest absolute Gasteiger partial charge is 0.0674 e. The van der Waals surface area contributed by atoms with E-state index in [1.165, 1.54) is 11.1 Å². The van der Waals surface area contributed by atoms with E-state index in [9.17, 15) is 0 Å². The second-order valence-electron chi connectivity index (χ2n) is 5.02. The van der Waals surface area contributed by atoms with Gasteiger partial charge in [-0.05, 0) is 18.1 Å². The van der Waals surface area contributed by atoms with Crippen LogP contribution in [-0.2, 0) is 11.3 Å². The summed E-state index contributed by atoms with van der Waals surface area (Å²) in [5.74, 6) is 0. The molecule has 2 atom stereocenters. The van der Waals surface area contributed by atoms with Crippen molar-refractivity contribution in [3.05, 3.63) is 35.4 Å². The number of hydrogen-bond donors (Lipinski definition) is 1. The SMILES string of the molecule is CC1CN(C2CNCc3ccccc32)CCO1. The number of hydrogen-bond acceptors (Lipinski definition) is 3. The molecule has 1 aromatic carbocycles. The third kappa shape index (κ3) is 2.23. The first kappa shape index (κ1) is 11.2.